The Hall–Kier alpha value is -2.11. The van der Waals surface area contributed by atoms with Gasteiger partial charge in [-0.1, -0.05) is 37.3 Å². The van der Waals surface area contributed by atoms with Gasteiger partial charge in [0.15, 0.2) is 0 Å². The Morgan fingerprint density at radius 1 is 1.21 bits per heavy atom. The van der Waals surface area contributed by atoms with Crippen molar-refractivity contribution in [2.75, 3.05) is 20.3 Å². The first kappa shape index (κ1) is 20.6. The van der Waals surface area contributed by atoms with Crippen LogP contribution in [0.5, 0.6) is 5.75 Å². The average molecular weight is 386 g/mol. The fourth-order valence-corrected chi connectivity index (χ4v) is 3.72. The van der Waals surface area contributed by atoms with Crippen molar-refractivity contribution in [2.45, 2.75) is 51.0 Å². The smallest absolute Gasteiger partial charge is 0.343 e. The van der Waals surface area contributed by atoms with E-state index in [-0.39, 0.29) is 17.8 Å². The van der Waals surface area contributed by atoms with E-state index in [1.165, 1.54) is 0 Å². The van der Waals surface area contributed by atoms with E-state index in [1.807, 2.05) is 30.3 Å². The van der Waals surface area contributed by atoms with Crippen LogP contribution in [0.3, 0.4) is 0 Å². The van der Waals surface area contributed by atoms with Crippen molar-refractivity contribution in [3.63, 3.8) is 0 Å². The number of hydrogen-bond acceptors (Lipinski definition) is 5. The van der Waals surface area contributed by atoms with E-state index in [0.717, 1.165) is 31.2 Å². The summed E-state index contributed by atoms with van der Waals surface area (Å²) in [6.45, 7) is 3.17. The second kappa shape index (κ2) is 9.89. The summed E-state index contributed by atoms with van der Waals surface area (Å²) in [5.74, 6) is 0.830. The second-order valence-corrected chi connectivity index (χ2v) is 7.46. The molecule has 2 atom stereocenters. The zero-order chi connectivity index (χ0) is 19.9. The van der Waals surface area contributed by atoms with Crippen molar-refractivity contribution in [2.24, 2.45) is 5.92 Å². The molecule has 1 saturated carbocycles. The largest absolute Gasteiger partial charge is 0.507 e. The Kier molecular flexibility index (Phi) is 7.29. The van der Waals surface area contributed by atoms with Gasteiger partial charge in [0.25, 0.3) is 0 Å². The highest BCUT2D eigenvalue weighted by molar-refractivity contribution is 5.41. The molecule has 1 heterocycles. The van der Waals surface area contributed by atoms with Crippen LogP contribution in [-0.2, 0) is 15.9 Å². The highest BCUT2D eigenvalue weighted by Gasteiger charge is 2.37. The number of benzene rings is 1. The zero-order valence-corrected chi connectivity index (χ0v) is 16.7. The summed E-state index contributed by atoms with van der Waals surface area (Å²) in [7, 11) is 1.65. The molecule has 1 aromatic carbocycles. The molecule has 5 nitrogen and oxygen atoms in total. The normalized spacial score (nSPS) is 16.1. The second-order valence-electron chi connectivity index (χ2n) is 7.46. The first-order valence-corrected chi connectivity index (χ1v) is 10.1. The predicted molar refractivity (Wildman–Crippen MR) is 108 cm³/mol. The molecule has 1 aromatic heterocycles. The van der Waals surface area contributed by atoms with Crippen LogP contribution in [0.15, 0.2) is 45.6 Å². The Morgan fingerprint density at radius 2 is 1.96 bits per heavy atom. The number of methoxy groups -OCH3 is 1. The van der Waals surface area contributed by atoms with Gasteiger partial charge in [0, 0.05) is 25.5 Å². The van der Waals surface area contributed by atoms with E-state index in [9.17, 15) is 9.90 Å². The van der Waals surface area contributed by atoms with Crippen molar-refractivity contribution in [3.8, 4) is 5.75 Å². The Balaban J connectivity index is 1.74. The number of hydrogen-bond donors (Lipinski definition) is 1. The minimum atomic E-state index is -0.427. The van der Waals surface area contributed by atoms with Gasteiger partial charge < -0.3 is 19.0 Å². The average Bonchev–Trinajstić information content (AvgIpc) is 3.53. The third kappa shape index (κ3) is 5.24. The van der Waals surface area contributed by atoms with Crippen LogP contribution >= 0.6 is 0 Å². The molecule has 2 aromatic rings. The van der Waals surface area contributed by atoms with Crippen LogP contribution in [0.2, 0.25) is 0 Å². The minimum absolute atomic E-state index is 0.0420. The first-order chi connectivity index (χ1) is 13.6. The summed E-state index contributed by atoms with van der Waals surface area (Å²) in [5, 5.41) is 10.7. The maximum Gasteiger partial charge on any atom is 0.343 e. The number of aromatic hydroxyl groups is 1. The molecule has 0 spiro atoms. The highest BCUT2D eigenvalue weighted by Crippen LogP contribution is 2.47. The fraction of sp³-hybridized carbons (Fsp3) is 0.522. The quantitative estimate of drug-likeness (QED) is 0.584. The monoisotopic (exact) mass is 386 g/mol. The van der Waals surface area contributed by atoms with Crippen LogP contribution in [0.25, 0.3) is 0 Å². The van der Waals surface area contributed by atoms with E-state index in [0.29, 0.717) is 36.9 Å². The standard InChI is InChI=1S/C23H30O5/c1-3-18(27-14-13-26-2)11-12-19-15-20(24)22(23(25)28-19)21(17-9-10-17)16-7-5-4-6-8-16/h4-8,15,17-18,21,24H,3,9-14H2,1-2H3. The molecule has 1 aliphatic carbocycles. The molecular formula is C23H30O5. The van der Waals surface area contributed by atoms with Gasteiger partial charge in [-0.2, -0.15) is 0 Å². The third-order valence-electron chi connectivity index (χ3n) is 5.39. The SMILES string of the molecule is CCC(CCc1cc(O)c(C(c2ccccc2)C2CC2)c(=O)o1)OCCOC. The Labute approximate surface area is 166 Å². The van der Waals surface area contributed by atoms with Crippen LogP contribution in [0.4, 0.5) is 0 Å². The Bertz CT molecular complexity index is 794. The molecule has 0 radical (unpaired) electrons. The van der Waals surface area contributed by atoms with E-state index in [1.54, 1.807) is 13.2 Å². The molecule has 28 heavy (non-hydrogen) atoms. The number of aryl methyl sites for hydroxylation is 1. The third-order valence-corrected chi connectivity index (χ3v) is 5.39. The molecule has 0 saturated heterocycles. The lowest BCUT2D eigenvalue weighted by Gasteiger charge is -2.18. The minimum Gasteiger partial charge on any atom is -0.507 e. The lowest BCUT2D eigenvalue weighted by molar-refractivity contribution is 0.0111. The summed E-state index contributed by atoms with van der Waals surface area (Å²) in [4.78, 5) is 12.8. The fourth-order valence-electron chi connectivity index (χ4n) is 3.72. The van der Waals surface area contributed by atoms with Crippen LogP contribution in [0.1, 0.15) is 55.4 Å². The van der Waals surface area contributed by atoms with Gasteiger partial charge >= 0.3 is 5.63 Å². The zero-order valence-electron chi connectivity index (χ0n) is 16.7. The summed E-state index contributed by atoms with van der Waals surface area (Å²) in [6, 6.07) is 11.5. The van der Waals surface area contributed by atoms with Crippen molar-refractivity contribution in [3.05, 3.63) is 63.7 Å². The summed E-state index contributed by atoms with van der Waals surface area (Å²) in [6.07, 6.45) is 4.36. The van der Waals surface area contributed by atoms with Crippen molar-refractivity contribution < 1.29 is 19.0 Å². The Morgan fingerprint density at radius 3 is 2.57 bits per heavy atom. The van der Waals surface area contributed by atoms with Crippen molar-refractivity contribution >= 4 is 0 Å². The van der Waals surface area contributed by atoms with Gasteiger partial charge in [-0.3, -0.25) is 0 Å². The van der Waals surface area contributed by atoms with Gasteiger partial charge in [-0.05, 0) is 37.2 Å². The highest BCUT2D eigenvalue weighted by atomic mass is 16.5. The van der Waals surface area contributed by atoms with Gasteiger partial charge in [0.1, 0.15) is 11.5 Å². The van der Waals surface area contributed by atoms with Crippen molar-refractivity contribution in [1.29, 1.82) is 0 Å². The van der Waals surface area contributed by atoms with Gasteiger partial charge in [0.2, 0.25) is 0 Å². The maximum absolute atomic E-state index is 12.8. The van der Waals surface area contributed by atoms with Gasteiger partial charge in [-0.25, -0.2) is 4.79 Å². The van der Waals surface area contributed by atoms with Gasteiger partial charge in [-0.15, -0.1) is 0 Å². The molecule has 0 amide bonds. The van der Waals surface area contributed by atoms with E-state index in [4.69, 9.17) is 13.9 Å². The van der Waals surface area contributed by atoms with Crippen LogP contribution < -0.4 is 5.63 Å². The van der Waals surface area contributed by atoms with E-state index < -0.39 is 5.63 Å². The molecule has 0 bridgehead atoms. The molecule has 2 unspecified atom stereocenters. The summed E-state index contributed by atoms with van der Waals surface area (Å²) < 4.78 is 16.4. The van der Waals surface area contributed by atoms with E-state index >= 15 is 0 Å². The van der Waals surface area contributed by atoms with E-state index in [2.05, 4.69) is 6.92 Å². The van der Waals surface area contributed by atoms with Gasteiger partial charge in [0.05, 0.1) is 24.9 Å². The lowest BCUT2D eigenvalue weighted by atomic mass is 9.87. The maximum atomic E-state index is 12.8. The van der Waals surface area contributed by atoms with Crippen LogP contribution in [-0.4, -0.2) is 31.5 Å². The van der Waals surface area contributed by atoms with Crippen molar-refractivity contribution in [1.82, 2.24) is 0 Å². The molecule has 1 fully saturated rings. The first-order valence-electron chi connectivity index (χ1n) is 10.1. The number of ether oxygens (including phenoxy) is 2. The number of rotatable bonds is 11. The van der Waals surface area contributed by atoms with Crippen LogP contribution in [0, 0.1) is 5.92 Å². The summed E-state index contributed by atoms with van der Waals surface area (Å²) >= 11 is 0. The molecular weight excluding hydrogens is 356 g/mol. The lowest BCUT2D eigenvalue weighted by Crippen LogP contribution is -2.18. The molecule has 0 aliphatic heterocycles. The topological polar surface area (TPSA) is 68.9 Å². The predicted octanol–water partition coefficient (Wildman–Crippen LogP) is 4.26. The molecule has 3 rings (SSSR count). The molecule has 1 N–H and O–H groups in total. The molecule has 1 aliphatic rings. The molecule has 152 valence electrons. The summed E-state index contributed by atoms with van der Waals surface area (Å²) in [5.41, 5.74) is 1.02. The molecule has 5 heteroatoms.